The fraction of sp³-hybridized carbons (Fsp3) is 0.119. The Hall–Kier alpha value is -6.96. The summed E-state index contributed by atoms with van der Waals surface area (Å²) in [6.45, 7) is 0. The molecule has 1 nitrogen and oxygen atoms in total. The van der Waals surface area contributed by atoms with Crippen molar-refractivity contribution in [1.82, 2.24) is 0 Å². The van der Waals surface area contributed by atoms with Gasteiger partial charge in [-0.3, -0.25) is 0 Å². The van der Waals surface area contributed by atoms with E-state index in [-0.39, 0.29) is 0 Å². The van der Waals surface area contributed by atoms with Crippen molar-refractivity contribution in [3.8, 4) is 33.4 Å². The molecular formula is C59H47N. The molecule has 0 N–H and O–H groups in total. The number of fused-ring (bicyclic) bond motifs is 4. The molecule has 60 heavy (non-hydrogen) atoms. The predicted molar refractivity (Wildman–Crippen MR) is 253 cm³/mol. The van der Waals surface area contributed by atoms with E-state index in [4.69, 9.17) is 0 Å². The number of hydrogen-bond acceptors (Lipinski definition) is 1. The van der Waals surface area contributed by atoms with Crippen molar-refractivity contribution in [1.29, 1.82) is 0 Å². The van der Waals surface area contributed by atoms with Crippen LogP contribution >= 0.6 is 0 Å². The minimum absolute atomic E-state index is 0.519. The van der Waals surface area contributed by atoms with E-state index >= 15 is 0 Å². The normalized spacial score (nSPS) is 14.4. The maximum atomic E-state index is 2.56. The zero-order chi connectivity index (χ0) is 39.9. The minimum atomic E-state index is -0.519. The summed E-state index contributed by atoms with van der Waals surface area (Å²) >= 11 is 0. The fourth-order valence-corrected chi connectivity index (χ4v) is 10.6. The zero-order valence-electron chi connectivity index (χ0n) is 33.8. The van der Waals surface area contributed by atoms with E-state index in [1.807, 2.05) is 0 Å². The van der Waals surface area contributed by atoms with Gasteiger partial charge in [0, 0.05) is 22.3 Å². The second kappa shape index (κ2) is 15.3. The molecule has 0 radical (unpaired) electrons. The average molecular weight is 770 g/mol. The first-order valence-electron chi connectivity index (χ1n) is 21.7. The number of hydrogen-bond donors (Lipinski definition) is 0. The van der Waals surface area contributed by atoms with Crippen LogP contribution < -0.4 is 4.90 Å². The van der Waals surface area contributed by atoms with Gasteiger partial charge in [0.05, 0.1) is 11.1 Å². The highest BCUT2D eigenvalue weighted by Gasteiger charge is 2.48. The largest absolute Gasteiger partial charge is 0.309 e. The first kappa shape index (κ1) is 36.1. The van der Waals surface area contributed by atoms with Gasteiger partial charge in [-0.05, 0) is 110 Å². The summed E-state index contributed by atoms with van der Waals surface area (Å²) < 4.78 is 0. The quantitative estimate of drug-likeness (QED) is 0.149. The zero-order valence-corrected chi connectivity index (χ0v) is 33.8. The molecule has 0 saturated heterocycles. The van der Waals surface area contributed by atoms with Crippen LogP contribution in [0.5, 0.6) is 0 Å². The van der Waals surface area contributed by atoms with Crippen LogP contribution in [0.25, 0.3) is 44.2 Å². The molecule has 9 aromatic carbocycles. The molecule has 0 aliphatic heterocycles. The van der Waals surface area contributed by atoms with E-state index in [9.17, 15) is 0 Å². The van der Waals surface area contributed by atoms with Crippen molar-refractivity contribution in [3.05, 3.63) is 246 Å². The van der Waals surface area contributed by atoms with Gasteiger partial charge in [0.15, 0.2) is 0 Å². The molecular weight excluding hydrogens is 723 g/mol. The second-order valence-electron chi connectivity index (χ2n) is 16.6. The van der Waals surface area contributed by atoms with E-state index in [0.717, 1.165) is 5.69 Å². The number of benzene rings is 9. The molecule has 0 bridgehead atoms. The molecule has 2 aliphatic rings. The third-order valence-corrected chi connectivity index (χ3v) is 13.3. The lowest BCUT2D eigenvalue weighted by Crippen LogP contribution is -2.28. The Morgan fingerprint density at radius 3 is 1.53 bits per heavy atom. The van der Waals surface area contributed by atoms with E-state index in [2.05, 4.69) is 223 Å². The molecule has 2 aliphatic carbocycles. The van der Waals surface area contributed by atoms with Gasteiger partial charge in [-0.1, -0.05) is 207 Å². The van der Waals surface area contributed by atoms with E-state index in [1.165, 1.54) is 115 Å². The number of nitrogens with zero attached hydrogens (tertiary/aromatic N) is 1. The van der Waals surface area contributed by atoms with E-state index < -0.39 is 5.41 Å². The molecule has 0 heterocycles. The number of rotatable bonds is 8. The van der Waals surface area contributed by atoms with Crippen LogP contribution in [0.3, 0.4) is 0 Å². The van der Waals surface area contributed by atoms with Crippen molar-refractivity contribution in [2.75, 3.05) is 4.90 Å². The molecule has 0 spiro atoms. The highest BCUT2D eigenvalue weighted by Crippen LogP contribution is 2.61. The molecule has 1 fully saturated rings. The van der Waals surface area contributed by atoms with Crippen molar-refractivity contribution in [2.45, 2.75) is 43.4 Å². The van der Waals surface area contributed by atoms with Crippen LogP contribution in [0, 0.1) is 0 Å². The standard InChI is InChI=1S/C59H47N/c1-5-19-42(20-6-1)43-33-37-49(38-34-43)60(50-39-35-45(36-40-50)52-29-16-15-28-51(52)44-21-7-2-8-22-44)58-53-30-14-13-23-46(53)41-56-57(58)54-31-17-18-32-55(54)59(56,47-24-9-3-10-25-47)48-26-11-4-12-27-48/h2-4,7-18,21-42H,1,5-6,19-20H2. The summed E-state index contributed by atoms with van der Waals surface area (Å²) in [6, 6.07) is 81.4. The topological polar surface area (TPSA) is 3.24 Å². The molecule has 11 rings (SSSR count). The summed E-state index contributed by atoms with van der Waals surface area (Å²) in [4.78, 5) is 2.56. The Morgan fingerprint density at radius 1 is 0.400 bits per heavy atom. The summed E-state index contributed by atoms with van der Waals surface area (Å²) in [5.74, 6) is 0.635. The SMILES string of the molecule is c1ccc(-c2ccccc2-c2ccc(N(c3ccc(C4CCCCC4)cc3)c3c4c(cc5ccccc35)C(c3ccccc3)(c3ccccc3)c3ccccc3-4)cc2)cc1. The van der Waals surface area contributed by atoms with Gasteiger partial charge >= 0.3 is 0 Å². The Bertz CT molecular complexity index is 2890. The minimum Gasteiger partial charge on any atom is -0.309 e. The Morgan fingerprint density at radius 2 is 0.900 bits per heavy atom. The summed E-state index contributed by atoms with van der Waals surface area (Å²) in [6.07, 6.45) is 6.57. The third kappa shape index (κ3) is 5.99. The summed E-state index contributed by atoms with van der Waals surface area (Å²) in [7, 11) is 0. The van der Waals surface area contributed by atoms with Crippen LogP contribution in [0.4, 0.5) is 17.1 Å². The smallest absolute Gasteiger partial charge is 0.0714 e. The van der Waals surface area contributed by atoms with Crippen LogP contribution in [0.15, 0.2) is 218 Å². The van der Waals surface area contributed by atoms with Gasteiger partial charge in [0.2, 0.25) is 0 Å². The Kier molecular flexibility index (Phi) is 9.23. The van der Waals surface area contributed by atoms with Crippen molar-refractivity contribution in [2.24, 2.45) is 0 Å². The first-order valence-corrected chi connectivity index (χ1v) is 21.7. The molecule has 1 heteroatoms. The van der Waals surface area contributed by atoms with Gasteiger partial charge in [-0.25, -0.2) is 0 Å². The Labute approximate surface area is 354 Å². The second-order valence-corrected chi connectivity index (χ2v) is 16.6. The third-order valence-electron chi connectivity index (χ3n) is 13.3. The highest BCUT2D eigenvalue weighted by molar-refractivity contribution is 6.10. The lowest BCUT2D eigenvalue weighted by atomic mass is 9.67. The molecule has 1 saturated carbocycles. The van der Waals surface area contributed by atoms with Crippen LogP contribution in [0.2, 0.25) is 0 Å². The molecule has 288 valence electrons. The average Bonchev–Trinajstić information content (AvgIpc) is 3.63. The molecule has 0 aromatic heterocycles. The van der Waals surface area contributed by atoms with Gasteiger partial charge < -0.3 is 4.90 Å². The summed E-state index contributed by atoms with van der Waals surface area (Å²) in [5.41, 5.74) is 17.1. The van der Waals surface area contributed by atoms with Crippen LogP contribution in [-0.4, -0.2) is 0 Å². The van der Waals surface area contributed by atoms with Crippen LogP contribution in [0.1, 0.15) is 65.8 Å². The van der Waals surface area contributed by atoms with Crippen molar-refractivity contribution in [3.63, 3.8) is 0 Å². The van der Waals surface area contributed by atoms with E-state index in [1.54, 1.807) is 0 Å². The van der Waals surface area contributed by atoms with Gasteiger partial charge in [0.1, 0.15) is 0 Å². The lowest BCUT2D eigenvalue weighted by Gasteiger charge is -2.35. The molecule has 0 amide bonds. The summed E-state index contributed by atoms with van der Waals surface area (Å²) in [5, 5.41) is 2.46. The van der Waals surface area contributed by atoms with Crippen molar-refractivity contribution >= 4 is 27.8 Å². The molecule has 0 unspecified atom stereocenters. The van der Waals surface area contributed by atoms with E-state index in [0.29, 0.717) is 5.92 Å². The number of anilines is 3. The lowest BCUT2D eigenvalue weighted by molar-refractivity contribution is 0.443. The first-order chi connectivity index (χ1) is 29.8. The van der Waals surface area contributed by atoms with Crippen LogP contribution in [-0.2, 0) is 5.41 Å². The fourth-order valence-electron chi connectivity index (χ4n) is 10.6. The maximum absolute atomic E-state index is 2.56. The Balaban J connectivity index is 1.18. The van der Waals surface area contributed by atoms with Gasteiger partial charge in [0.25, 0.3) is 0 Å². The van der Waals surface area contributed by atoms with Gasteiger partial charge in [-0.2, -0.15) is 0 Å². The van der Waals surface area contributed by atoms with Crippen molar-refractivity contribution < 1.29 is 0 Å². The molecule has 0 atom stereocenters. The predicted octanol–water partition coefficient (Wildman–Crippen LogP) is 16.1. The highest BCUT2D eigenvalue weighted by atomic mass is 15.1. The van der Waals surface area contributed by atoms with Gasteiger partial charge in [-0.15, -0.1) is 0 Å². The molecule has 9 aromatic rings. The monoisotopic (exact) mass is 769 g/mol. The maximum Gasteiger partial charge on any atom is 0.0714 e.